The molecule has 1 atom stereocenters. The Morgan fingerprint density at radius 1 is 1.05 bits per heavy atom. The van der Waals surface area contributed by atoms with E-state index in [0.29, 0.717) is 25.9 Å². The molecule has 214 valence electrons. The lowest BCUT2D eigenvalue weighted by Crippen LogP contribution is -2.42. The van der Waals surface area contributed by atoms with Crippen LogP contribution in [0.1, 0.15) is 43.9 Å². The van der Waals surface area contributed by atoms with Crippen molar-refractivity contribution in [2.45, 2.75) is 51.2 Å². The van der Waals surface area contributed by atoms with Crippen LogP contribution < -0.4 is 15.0 Å². The molecule has 2 aromatic heterocycles. The van der Waals surface area contributed by atoms with Gasteiger partial charge in [-0.25, -0.2) is 23.7 Å². The lowest BCUT2D eigenvalue weighted by atomic mass is 9.88. The number of likely N-dealkylation sites (tertiary alicyclic amines) is 1. The fourth-order valence-corrected chi connectivity index (χ4v) is 5.11. The number of hydrogen-bond donors (Lipinski definition) is 1. The number of fused-ring (bicyclic) bond motifs is 1. The van der Waals surface area contributed by atoms with E-state index >= 15 is 0 Å². The third-order valence-electron chi connectivity index (χ3n) is 7.15. The lowest BCUT2D eigenvalue weighted by Gasteiger charge is -2.36. The van der Waals surface area contributed by atoms with Gasteiger partial charge in [0.05, 0.1) is 18.4 Å². The maximum absolute atomic E-state index is 15.0. The molecule has 7 nitrogen and oxygen atoms in total. The van der Waals surface area contributed by atoms with Crippen LogP contribution in [0, 0.1) is 11.6 Å². The molecule has 1 unspecified atom stereocenters. The van der Waals surface area contributed by atoms with Crippen molar-refractivity contribution in [3.05, 3.63) is 53.4 Å². The van der Waals surface area contributed by atoms with E-state index in [-0.39, 0.29) is 58.5 Å². The summed E-state index contributed by atoms with van der Waals surface area (Å²) in [5, 5.41) is 2.61. The smallest absolute Gasteiger partial charge is 0.433 e. The quantitative estimate of drug-likeness (QED) is 0.364. The van der Waals surface area contributed by atoms with Gasteiger partial charge >= 0.3 is 6.18 Å². The molecule has 2 aliphatic heterocycles. The zero-order chi connectivity index (χ0) is 28.8. The number of benzene rings is 1. The molecule has 1 saturated heterocycles. The number of nitrogens with zero attached hydrogens (tertiary/aromatic N) is 5. The lowest BCUT2D eigenvalue weighted by molar-refractivity contribution is -0.142. The number of hydrogen-bond acceptors (Lipinski definition) is 7. The summed E-state index contributed by atoms with van der Waals surface area (Å²) in [6.45, 7) is 4.81. The van der Waals surface area contributed by atoms with Gasteiger partial charge in [-0.05, 0) is 76.5 Å². The van der Waals surface area contributed by atoms with Crippen LogP contribution >= 0.6 is 0 Å². The first kappa shape index (κ1) is 27.9. The molecule has 13 heteroatoms. The molecule has 0 saturated carbocycles. The second-order valence-corrected chi connectivity index (χ2v) is 10.3. The second kappa shape index (κ2) is 10.8. The Balaban J connectivity index is 1.47. The molecule has 5 rings (SSSR count). The minimum atomic E-state index is -4.69. The van der Waals surface area contributed by atoms with E-state index in [2.05, 4.69) is 25.2 Å². The number of halogens is 6. The zero-order valence-corrected chi connectivity index (χ0v) is 22.1. The van der Waals surface area contributed by atoms with Crippen LogP contribution in [-0.2, 0) is 6.18 Å². The summed E-state index contributed by atoms with van der Waals surface area (Å²) in [5.41, 5.74) is -0.918. The van der Waals surface area contributed by atoms with E-state index in [1.807, 2.05) is 7.05 Å². The largest absolute Gasteiger partial charge is 0.453 e. The highest BCUT2D eigenvalue weighted by atomic mass is 19.4. The summed E-state index contributed by atoms with van der Waals surface area (Å²) in [4.78, 5) is 15.4. The van der Waals surface area contributed by atoms with E-state index in [1.165, 1.54) is 18.2 Å². The van der Waals surface area contributed by atoms with Crippen molar-refractivity contribution in [2.24, 2.45) is 0 Å². The average Bonchev–Trinajstić information content (AvgIpc) is 2.89. The van der Waals surface area contributed by atoms with E-state index in [1.54, 1.807) is 18.7 Å². The summed E-state index contributed by atoms with van der Waals surface area (Å²) in [6.07, 6.45) is -4.42. The molecule has 40 heavy (non-hydrogen) atoms. The van der Waals surface area contributed by atoms with Crippen molar-refractivity contribution in [2.75, 3.05) is 36.9 Å². The third kappa shape index (κ3) is 5.65. The number of anilines is 3. The van der Waals surface area contributed by atoms with Crippen molar-refractivity contribution in [1.29, 1.82) is 0 Å². The van der Waals surface area contributed by atoms with Gasteiger partial charge < -0.3 is 19.9 Å². The number of nitrogens with one attached hydrogen (secondary N) is 1. The fourth-order valence-electron chi connectivity index (χ4n) is 5.11. The molecule has 1 N–H and O–H groups in total. The Morgan fingerprint density at radius 3 is 2.45 bits per heavy atom. The van der Waals surface area contributed by atoms with Crippen molar-refractivity contribution >= 4 is 17.5 Å². The van der Waals surface area contributed by atoms with Crippen molar-refractivity contribution < 1.29 is 31.1 Å². The Kier molecular flexibility index (Phi) is 7.51. The highest BCUT2D eigenvalue weighted by Crippen LogP contribution is 2.41. The summed E-state index contributed by atoms with van der Waals surface area (Å²) in [5.74, 6) is -2.77. The van der Waals surface area contributed by atoms with Crippen molar-refractivity contribution in [3.63, 3.8) is 0 Å². The van der Waals surface area contributed by atoms with E-state index in [0.717, 1.165) is 12.3 Å². The Bertz CT molecular complexity index is 1390. The molecule has 1 aromatic carbocycles. The molecular weight excluding hydrogens is 538 g/mol. The molecule has 4 heterocycles. The van der Waals surface area contributed by atoms with Crippen LogP contribution in [0.5, 0.6) is 5.75 Å². The predicted octanol–water partition coefficient (Wildman–Crippen LogP) is 6.29. The minimum Gasteiger partial charge on any atom is -0.453 e. The van der Waals surface area contributed by atoms with Gasteiger partial charge in [-0.1, -0.05) is 6.07 Å². The van der Waals surface area contributed by atoms with Crippen LogP contribution in [0.4, 0.5) is 43.8 Å². The number of aromatic nitrogens is 3. The van der Waals surface area contributed by atoms with Gasteiger partial charge in [0.25, 0.3) is 6.36 Å². The highest BCUT2D eigenvalue weighted by Gasteiger charge is 2.38. The first-order valence-corrected chi connectivity index (χ1v) is 12.9. The summed E-state index contributed by atoms with van der Waals surface area (Å²) < 4.78 is 90.8. The fraction of sp³-hybridized carbons (Fsp3) is 0.444. The van der Waals surface area contributed by atoms with Gasteiger partial charge in [-0.15, -0.1) is 0 Å². The molecule has 2 aliphatic rings. The normalized spacial score (nSPS) is 18.6. The van der Waals surface area contributed by atoms with E-state index in [4.69, 9.17) is 4.74 Å². The summed E-state index contributed by atoms with van der Waals surface area (Å²) in [7, 11) is 1.93. The van der Waals surface area contributed by atoms with Crippen molar-refractivity contribution in [3.8, 4) is 17.0 Å². The van der Waals surface area contributed by atoms with Gasteiger partial charge in [-0.3, -0.25) is 0 Å². The van der Waals surface area contributed by atoms with Gasteiger partial charge in [0.1, 0.15) is 17.2 Å². The highest BCUT2D eigenvalue weighted by molar-refractivity contribution is 5.73. The second-order valence-electron chi connectivity index (χ2n) is 10.3. The first-order valence-electron chi connectivity index (χ1n) is 12.9. The monoisotopic (exact) mass is 566 g/mol. The minimum absolute atomic E-state index is 0.0207. The molecule has 0 bridgehead atoms. The van der Waals surface area contributed by atoms with Crippen molar-refractivity contribution in [1.82, 2.24) is 19.9 Å². The predicted molar refractivity (Wildman–Crippen MR) is 137 cm³/mol. The molecule has 1 fully saturated rings. The molecule has 3 aromatic rings. The number of piperidine rings is 1. The third-order valence-corrected chi connectivity index (χ3v) is 7.15. The SMILES string of the molecule is CC(C)N1CC(F)Oc2c(F)cc(-c3nc(Nc4ccc(C5CCN(C)CC5)c(C(F)(F)F)n4)ncc3F)cc21. The number of ether oxygens (including phenoxy) is 1. The molecule has 0 radical (unpaired) electrons. The standard InChI is InChI=1S/C27H28F6N6O/c1-14(2)39-13-21(30)40-24-18(28)10-16(11-20(24)39)23-19(29)12-34-26(37-23)36-22-5-4-17(25(35-22)27(31,32)33)15-6-8-38(3)9-7-15/h4-5,10-12,14-15,21H,6-9,13H2,1-3H3,(H,34,35,36,37). The number of pyridine rings is 1. The van der Waals surface area contributed by atoms with Gasteiger partial charge in [0.15, 0.2) is 17.4 Å². The summed E-state index contributed by atoms with van der Waals surface area (Å²) >= 11 is 0. The summed E-state index contributed by atoms with van der Waals surface area (Å²) in [6, 6.07) is 4.97. The zero-order valence-electron chi connectivity index (χ0n) is 22.1. The van der Waals surface area contributed by atoms with Crippen LogP contribution in [0.15, 0.2) is 30.5 Å². The topological polar surface area (TPSA) is 66.4 Å². The van der Waals surface area contributed by atoms with Crippen LogP contribution in [0.25, 0.3) is 11.3 Å². The molecular formula is C27H28F6N6O. The van der Waals surface area contributed by atoms with E-state index < -0.39 is 29.9 Å². The Hall–Kier alpha value is -3.61. The maximum Gasteiger partial charge on any atom is 0.433 e. The average molecular weight is 567 g/mol. The molecule has 0 amide bonds. The Labute approximate surface area is 227 Å². The first-order chi connectivity index (χ1) is 18.9. The molecule has 0 spiro atoms. The maximum atomic E-state index is 15.0. The van der Waals surface area contributed by atoms with Crippen LogP contribution in [-0.4, -0.2) is 58.9 Å². The number of alkyl halides is 4. The van der Waals surface area contributed by atoms with Gasteiger partial charge in [0.2, 0.25) is 5.95 Å². The van der Waals surface area contributed by atoms with Crippen LogP contribution in [0.3, 0.4) is 0 Å². The van der Waals surface area contributed by atoms with E-state index in [9.17, 15) is 26.3 Å². The Morgan fingerprint density at radius 2 is 1.77 bits per heavy atom. The molecule has 0 aliphatic carbocycles. The number of rotatable bonds is 5. The van der Waals surface area contributed by atoms with Gasteiger partial charge in [0, 0.05) is 11.6 Å². The van der Waals surface area contributed by atoms with Crippen LogP contribution in [0.2, 0.25) is 0 Å². The van der Waals surface area contributed by atoms with Gasteiger partial charge in [-0.2, -0.15) is 17.6 Å².